The number of nitrogens with one attached hydrogen (secondary N) is 1. The zero-order valence-electron chi connectivity index (χ0n) is 10.6. The lowest BCUT2D eigenvalue weighted by atomic mass is 10.3. The summed E-state index contributed by atoms with van der Waals surface area (Å²) in [4.78, 5) is 7.68. The Kier molecular flexibility index (Phi) is 3.41. The van der Waals surface area contributed by atoms with Crippen LogP contribution < -0.4 is 0 Å². The maximum atomic E-state index is 11.4. The summed E-state index contributed by atoms with van der Waals surface area (Å²) in [5, 5.41) is 0. The number of H-pyrrole nitrogens is 1. The number of ether oxygens (including phenoxy) is 1. The first-order valence-electron chi connectivity index (χ1n) is 5.66. The van der Waals surface area contributed by atoms with Crippen molar-refractivity contribution < 1.29 is 13.2 Å². The molecule has 98 valence electrons. The number of sulfone groups is 1. The highest BCUT2D eigenvalue weighted by atomic mass is 32.2. The highest BCUT2D eigenvalue weighted by molar-refractivity contribution is 7.90. The number of hydrogen-bond donors (Lipinski definition) is 1. The number of rotatable bonds is 4. The molecule has 0 fully saturated rings. The van der Waals surface area contributed by atoms with Crippen LogP contribution in [0.3, 0.4) is 0 Å². The predicted molar refractivity (Wildman–Crippen MR) is 69.1 cm³/mol. The van der Waals surface area contributed by atoms with E-state index in [-0.39, 0.29) is 11.0 Å². The smallest absolute Gasteiger partial charge is 0.175 e. The number of imidazole rings is 1. The SMILES string of the molecule is CC(C)OCc1nc2ccc(S(C)(=O)=O)cc2[nH]1. The highest BCUT2D eigenvalue weighted by Crippen LogP contribution is 2.17. The monoisotopic (exact) mass is 268 g/mol. The van der Waals surface area contributed by atoms with E-state index in [9.17, 15) is 8.42 Å². The third kappa shape index (κ3) is 2.88. The van der Waals surface area contributed by atoms with Gasteiger partial charge in [-0.1, -0.05) is 0 Å². The van der Waals surface area contributed by atoms with Crippen LogP contribution in [0.4, 0.5) is 0 Å². The molecule has 6 heteroatoms. The lowest BCUT2D eigenvalue weighted by Crippen LogP contribution is -2.03. The van der Waals surface area contributed by atoms with Gasteiger partial charge in [0, 0.05) is 6.26 Å². The summed E-state index contributed by atoms with van der Waals surface area (Å²) < 4.78 is 28.3. The summed E-state index contributed by atoms with van der Waals surface area (Å²) in [6.07, 6.45) is 1.32. The first-order valence-corrected chi connectivity index (χ1v) is 7.55. The third-order valence-electron chi connectivity index (χ3n) is 2.48. The van der Waals surface area contributed by atoms with E-state index in [1.165, 1.54) is 6.26 Å². The van der Waals surface area contributed by atoms with E-state index in [0.717, 1.165) is 5.52 Å². The fourth-order valence-electron chi connectivity index (χ4n) is 1.59. The van der Waals surface area contributed by atoms with Crippen molar-refractivity contribution in [3.63, 3.8) is 0 Å². The molecule has 0 saturated carbocycles. The first kappa shape index (κ1) is 13.0. The molecule has 1 aromatic carbocycles. The summed E-state index contributed by atoms with van der Waals surface area (Å²) >= 11 is 0. The van der Waals surface area contributed by atoms with E-state index in [1.54, 1.807) is 18.2 Å². The van der Waals surface area contributed by atoms with Crippen molar-refractivity contribution in [1.82, 2.24) is 9.97 Å². The van der Waals surface area contributed by atoms with Gasteiger partial charge in [-0.3, -0.25) is 0 Å². The Labute approximate surface area is 106 Å². The highest BCUT2D eigenvalue weighted by Gasteiger charge is 2.10. The molecule has 0 aliphatic carbocycles. The molecule has 0 radical (unpaired) electrons. The Hall–Kier alpha value is -1.40. The third-order valence-corrected chi connectivity index (χ3v) is 3.59. The van der Waals surface area contributed by atoms with E-state index in [0.29, 0.717) is 17.9 Å². The van der Waals surface area contributed by atoms with Gasteiger partial charge < -0.3 is 9.72 Å². The molecule has 18 heavy (non-hydrogen) atoms. The Morgan fingerprint density at radius 3 is 2.72 bits per heavy atom. The minimum absolute atomic E-state index is 0.129. The topological polar surface area (TPSA) is 72.0 Å². The summed E-state index contributed by atoms with van der Waals surface area (Å²) in [7, 11) is -3.19. The van der Waals surface area contributed by atoms with Gasteiger partial charge in [0.1, 0.15) is 12.4 Å². The van der Waals surface area contributed by atoms with Crippen molar-refractivity contribution in [2.75, 3.05) is 6.26 Å². The van der Waals surface area contributed by atoms with Gasteiger partial charge in [-0.25, -0.2) is 13.4 Å². The van der Waals surface area contributed by atoms with E-state index in [4.69, 9.17) is 4.74 Å². The van der Waals surface area contributed by atoms with Crippen molar-refractivity contribution in [2.24, 2.45) is 0 Å². The van der Waals surface area contributed by atoms with Gasteiger partial charge in [-0.2, -0.15) is 0 Å². The first-order chi connectivity index (χ1) is 8.36. The maximum Gasteiger partial charge on any atom is 0.175 e. The lowest BCUT2D eigenvalue weighted by molar-refractivity contribution is 0.0618. The maximum absolute atomic E-state index is 11.4. The molecule has 1 N–H and O–H groups in total. The molecule has 0 bridgehead atoms. The van der Waals surface area contributed by atoms with E-state index in [2.05, 4.69) is 9.97 Å². The largest absolute Gasteiger partial charge is 0.371 e. The lowest BCUT2D eigenvalue weighted by Gasteiger charge is -2.03. The van der Waals surface area contributed by atoms with Crippen molar-refractivity contribution in [3.05, 3.63) is 24.0 Å². The molecule has 2 rings (SSSR count). The van der Waals surface area contributed by atoms with Crippen LogP contribution in [0.1, 0.15) is 19.7 Å². The van der Waals surface area contributed by atoms with Crippen LogP contribution in [0.5, 0.6) is 0 Å². The van der Waals surface area contributed by atoms with Crippen LogP contribution in [0.2, 0.25) is 0 Å². The summed E-state index contributed by atoms with van der Waals surface area (Å²) in [5.41, 5.74) is 1.45. The second-order valence-electron chi connectivity index (χ2n) is 4.49. The van der Waals surface area contributed by atoms with Gasteiger partial charge in [0.05, 0.1) is 22.0 Å². The number of fused-ring (bicyclic) bond motifs is 1. The average molecular weight is 268 g/mol. The van der Waals surface area contributed by atoms with Gasteiger partial charge in [0.2, 0.25) is 0 Å². The van der Waals surface area contributed by atoms with Gasteiger partial charge in [-0.15, -0.1) is 0 Å². The Bertz CT molecular complexity index is 659. The Balaban J connectivity index is 2.34. The zero-order chi connectivity index (χ0) is 13.3. The molecule has 0 aliphatic rings. The van der Waals surface area contributed by atoms with Crippen LogP contribution in [0.15, 0.2) is 23.1 Å². The van der Waals surface area contributed by atoms with Crippen LogP contribution in [-0.4, -0.2) is 30.7 Å². The molecule has 5 nitrogen and oxygen atoms in total. The molecule has 2 aromatic rings. The number of benzene rings is 1. The average Bonchev–Trinajstić information content (AvgIpc) is 2.66. The van der Waals surface area contributed by atoms with Crippen LogP contribution in [0, 0.1) is 0 Å². The minimum Gasteiger partial charge on any atom is -0.371 e. The summed E-state index contributed by atoms with van der Waals surface area (Å²) in [6.45, 7) is 4.29. The molecular formula is C12H16N2O3S. The van der Waals surface area contributed by atoms with E-state index >= 15 is 0 Å². The summed E-state index contributed by atoms with van der Waals surface area (Å²) in [5.74, 6) is 0.698. The van der Waals surface area contributed by atoms with Crippen molar-refractivity contribution >= 4 is 20.9 Å². The Morgan fingerprint density at radius 1 is 1.39 bits per heavy atom. The molecule has 0 atom stereocenters. The second-order valence-corrected chi connectivity index (χ2v) is 6.51. The molecule has 0 amide bonds. The van der Waals surface area contributed by atoms with E-state index in [1.807, 2.05) is 13.8 Å². The number of nitrogens with zero attached hydrogens (tertiary/aromatic N) is 1. The number of hydrogen-bond acceptors (Lipinski definition) is 4. The van der Waals surface area contributed by atoms with Crippen LogP contribution >= 0.6 is 0 Å². The molecule has 0 spiro atoms. The van der Waals surface area contributed by atoms with Gasteiger partial charge in [-0.05, 0) is 32.0 Å². The van der Waals surface area contributed by atoms with Gasteiger partial charge in [0.15, 0.2) is 9.84 Å². The fourth-order valence-corrected chi connectivity index (χ4v) is 2.23. The van der Waals surface area contributed by atoms with E-state index < -0.39 is 9.84 Å². The fraction of sp³-hybridized carbons (Fsp3) is 0.417. The predicted octanol–water partition coefficient (Wildman–Crippen LogP) is 1.89. The molecule has 1 aromatic heterocycles. The van der Waals surface area contributed by atoms with Gasteiger partial charge >= 0.3 is 0 Å². The molecule has 0 aliphatic heterocycles. The molecule has 1 heterocycles. The standard InChI is InChI=1S/C12H16N2O3S/c1-8(2)17-7-12-13-10-5-4-9(18(3,15)16)6-11(10)14-12/h4-6,8H,7H2,1-3H3,(H,13,14). The van der Waals surface area contributed by atoms with Crippen molar-refractivity contribution in [3.8, 4) is 0 Å². The summed E-state index contributed by atoms with van der Waals surface area (Å²) in [6, 6.07) is 4.85. The van der Waals surface area contributed by atoms with Crippen molar-refractivity contribution in [2.45, 2.75) is 31.5 Å². The minimum atomic E-state index is -3.19. The molecular weight excluding hydrogens is 252 g/mol. The number of aromatic amines is 1. The van der Waals surface area contributed by atoms with Crippen molar-refractivity contribution in [1.29, 1.82) is 0 Å². The van der Waals surface area contributed by atoms with Gasteiger partial charge in [0.25, 0.3) is 0 Å². The van der Waals surface area contributed by atoms with Crippen LogP contribution in [0.25, 0.3) is 11.0 Å². The quantitative estimate of drug-likeness (QED) is 0.919. The van der Waals surface area contributed by atoms with Crippen LogP contribution in [-0.2, 0) is 21.2 Å². The molecule has 0 saturated heterocycles. The number of aromatic nitrogens is 2. The normalized spacial score (nSPS) is 12.4. The second kappa shape index (κ2) is 4.70. The molecule has 0 unspecified atom stereocenters. The Morgan fingerprint density at radius 2 is 2.11 bits per heavy atom. The zero-order valence-corrected chi connectivity index (χ0v) is 11.4.